The van der Waals surface area contributed by atoms with E-state index in [4.69, 9.17) is 4.74 Å². The highest BCUT2D eigenvalue weighted by Crippen LogP contribution is 2.23. The van der Waals surface area contributed by atoms with Crippen LogP contribution in [0.15, 0.2) is 66.5 Å². The van der Waals surface area contributed by atoms with Gasteiger partial charge in [-0.05, 0) is 30.4 Å². The molecule has 1 aromatic rings. The van der Waals surface area contributed by atoms with Gasteiger partial charge in [0.15, 0.2) is 5.78 Å². The zero-order valence-electron chi connectivity index (χ0n) is 11.1. The molecule has 1 aliphatic rings. The SMILES string of the molecule is COC1=CC(O)C(O)(C=CC(=O)c2ccccc2)C=C1. The number of hydrogen-bond donors (Lipinski definition) is 2. The molecular formula is C16H16O4. The molecule has 1 aliphatic carbocycles. The van der Waals surface area contributed by atoms with E-state index in [2.05, 4.69) is 0 Å². The molecule has 20 heavy (non-hydrogen) atoms. The largest absolute Gasteiger partial charge is 0.497 e. The highest BCUT2D eigenvalue weighted by molar-refractivity contribution is 6.04. The van der Waals surface area contributed by atoms with E-state index >= 15 is 0 Å². The first-order chi connectivity index (χ1) is 9.55. The van der Waals surface area contributed by atoms with Gasteiger partial charge in [0.2, 0.25) is 0 Å². The minimum atomic E-state index is -1.60. The third-order valence-corrected chi connectivity index (χ3v) is 3.11. The average molecular weight is 272 g/mol. The molecule has 104 valence electrons. The molecule has 0 aromatic heterocycles. The Labute approximate surface area is 117 Å². The van der Waals surface area contributed by atoms with Crippen LogP contribution in [0.3, 0.4) is 0 Å². The van der Waals surface area contributed by atoms with Crippen LogP contribution in [-0.2, 0) is 4.74 Å². The number of methoxy groups -OCH3 is 1. The smallest absolute Gasteiger partial charge is 0.185 e. The molecule has 2 rings (SSSR count). The van der Waals surface area contributed by atoms with E-state index in [1.165, 1.54) is 31.4 Å². The first-order valence-corrected chi connectivity index (χ1v) is 6.19. The van der Waals surface area contributed by atoms with Crippen molar-refractivity contribution in [2.75, 3.05) is 7.11 Å². The van der Waals surface area contributed by atoms with Crippen molar-refractivity contribution < 1.29 is 19.7 Å². The van der Waals surface area contributed by atoms with E-state index in [0.717, 1.165) is 0 Å². The van der Waals surface area contributed by atoms with Crippen molar-refractivity contribution in [2.24, 2.45) is 0 Å². The Morgan fingerprint density at radius 3 is 2.65 bits per heavy atom. The van der Waals surface area contributed by atoms with Gasteiger partial charge < -0.3 is 14.9 Å². The molecule has 0 amide bonds. The Bertz CT molecular complexity index is 571. The number of ether oxygens (including phenoxy) is 1. The third-order valence-electron chi connectivity index (χ3n) is 3.11. The third kappa shape index (κ3) is 3.04. The normalized spacial score (nSPS) is 25.6. The summed E-state index contributed by atoms with van der Waals surface area (Å²) >= 11 is 0. The summed E-state index contributed by atoms with van der Waals surface area (Å²) in [6.45, 7) is 0. The summed E-state index contributed by atoms with van der Waals surface area (Å²) in [5, 5.41) is 20.2. The Hall–Kier alpha value is -2.17. The van der Waals surface area contributed by atoms with Crippen LogP contribution < -0.4 is 0 Å². The molecule has 4 nitrogen and oxygen atoms in total. The van der Waals surface area contributed by atoms with Gasteiger partial charge in [-0.25, -0.2) is 0 Å². The number of ketones is 1. The molecule has 0 heterocycles. The van der Waals surface area contributed by atoms with Crippen LogP contribution in [0.5, 0.6) is 0 Å². The van der Waals surface area contributed by atoms with E-state index in [-0.39, 0.29) is 5.78 Å². The van der Waals surface area contributed by atoms with E-state index in [0.29, 0.717) is 11.3 Å². The number of carbonyl (C=O) groups is 1. The Kier molecular flexibility index (Phi) is 4.17. The van der Waals surface area contributed by atoms with Gasteiger partial charge in [-0.3, -0.25) is 4.79 Å². The lowest BCUT2D eigenvalue weighted by molar-refractivity contribution is 0.0180. The summed E-state index contributed by atoms with van der Waals surface area (Å²) in [5.41, 5.74) is -1.08. The predicted molar refractivity (Wildman–Crippen MR) is 75.1 cm³/mol. The second-order valence-corrected chi connectivity index (χ2v) is 4.50. The number of hydrogen-bond acceptors (Lipinski definition) is 4. The van der Waals surface area contributed by atoms with E-state index in [1.54, 1.807) is 30.3 Å². The van der Waals surface area contributed by atoms with E-state index in [9.17, 15) is 15.0 Å². The first-order valence-electron chi connectivity index (χ1n) is 6.19. The number of rotatable bonds is 4. The van der Waals surface area contributed by atoms with Crippen molar-refractivity contribution in [1.82, 2.24) is 0 Å². The molecule has 0 saturated heterocycles. The standard InChI is InChI=1S/C16H16O4/c1-20-13-7-9-16(19,15(18)11-13)10-8-14(17)12-5-3-2-4-6-12/h2-11,15,18-19H,1H3. The monoisotopic (exact) mass is 272 g/mol. The minimum Gasteiger partial charge on any atom is -0.497 e. The molecule has 2 atom stereocenters. The maximum Gasteiger partial charge on any atom is 0.185 e. The molecule has 0 aliphatic heterocycles. The predicted octanol–water partition coefficient (Wildman–Crippen LogP) is 1.62. The molecule has 2 N–H and O–H groups in total. The summed E-state index contributed by atoms with van der Waals surface area (Å²) in [5.74, 6) is 0.228. The zero-order valence-corrected chi connectivity index (χ0v) is 11.1. The molecule has 2 unspecified atom stereocenters. The van der Waals surface area contributed by atoms with Crippen LogP contribution in [0.25, 0.3) is 0 Å². The maximum atomic E-state index is 11.9. The lowest BCUT2D eigenvalue weighted by Gasteiger charge is -2.28. The lowest BCUT2D eigenvalue weighted by Crippen LogP contribution is -2.39. The van der Waals surface area contributed by atoms with Crippen LogP contribution >= 0.6 is 0 Å². The number of carbonyl (C=O) groups excluding carboxylic acids is 1. The summed E-state index contributed by atoms with van der Waals surface area (Å²) in [7, 11) is 1.47. The molecule has 0 radical (unpaired) electrons. The number of benzene rings is 1. The summed E-state index contributed by atoms with van der Waals surface area (Å²) in [6, 6.07) is 8.72. The number of aliphatic hydroxyl groups is 2. The summed E-state index contributed by atoms with van der Waals surface area (Å²) in [6.07, 6.45) is 5.70. The van der Waals surface area contributed by atoms with E-state index in [1.807, 2.05) is 6.07 Å². The second-order valence-electron chi connectivity index (χ2n) is 4.50. The zero-order chi connectivity index (χ0) is 14.6. The highest BCUT2D eigenvalue weighted by Gasteiger charge is 2.32. The number of aliphatic hydroxyl groups excluding tert-OH is 1. The first kappa shape index (κ1) is 14.2. The van der Waals surface area contributed by atoms with Crippen LogP contribution in [0.1, 0.15) is 10.4 Å². The van der Waals surface area contributed by atoms with Gasteiger partial charge in [0.25, 0.3) is 0 Å². The van der Waals surface area contributed by atoms with Gasteiger partial charge in [-0.2, -0.15) is 0 Å². The van der Waals surface area contributed by atoms with Crippen molar-refractivity contribution in [3.8, 4) is 0 Å². The lowest BCUT2D eigenvalue weighted by atomic mass is 9.90. The van der Waals surface area contributed by atoms with Gasteiger partial charge in [-0.1, -0.05) is 30.3 Å². The molecule has 0 bridgehead atoms. The molecule has 0 spiro atoms. The van der Waals surface area contributed by atoms with Crippen molar-refractivity contribution in [3.05, 3.63) is 72.0 Å². The summed E-state index contributed by atoms with van der Waals surface area (Å²) < 4.78 is 4.96. The average Bonchev–Trinajstić information content (AvgIpc) is 2.49. The van der Waals surface area contributed by atoms with Crippen molar-refractivity contribution in [1.29, 1.82) is 0 Å². The topological polar surface area (TPSA) is 66.8 Å². The molecule has 4 heteroatoms. The molecule has 0 fully saturated rings. The Morgan fingerprint density at radius 2 is 2.05 bits per heavy atom. The van der Waals surface area contributed by atoms with E-state index < -0.39 is 11.7 Å². The van der Waals surface area contributed by atoms with Crippen LogP contribution in [0.2, 0.25) is 0 Å². The van der Waals surface area contributed by atoms with Gasteiger partial charge in [0.05, 0.1) is 7.11 Å². The van der Waals surface area contributed by atoms with Crippen LogP contribution in [0, 0.1) is 0 Å². The second kappa shape index (κ2) is 5.86. The fourth-order valence-electron chi connectivity index (χ4n) is 1.86. The van der Waals surface area contributed by atoms with Crippen LogP contribution in [0.4, 0.5) is 0 Å². The van der Waals surface area contributed by atoms with Gasteiger partial charge >= 0.3 is 0 Å². The van der Waals surface area contributed by atoms with Crippen molar-refractivity contribution >= 4 is 5.78 Å². The quantitative estimate of drug-likeness (QED) is 0.645. The minimum absolute atomic E-state index is 0.235. The maximum absolute atomic E-state index is 11.9. The van der Waals surface area contributed by atoms with Gasteiger partial charge in [0.1, 0.15) is 17.5 Å². The van der Waals surface area contributed by atoms with Crippen molar-refractivity contribution in [3.63, 3.8) is 0 Å². The fourth-order valence-corrected chi connectivity index (χ4v) is 1.86. The van der Waals surface area contributed by atoms with Crippen LogP contribution in [-0.4, -0.2) is 34.8 Å². The summed E-state index contributed by atoms with van der Waals surface area (Å²) in [4.78, 5) is 11.9. The molecule has 0 saturated carbocycles. The molecular weight excluding hydrogens is 256 g/mol. The fraction of sp³-hybridized carbons (Fsp3) is 0.188. The van der Waals surface area contributed by atoms with Gasteiger partial charge in [-0.15, -0.1) is 0 Å². The van der Waals surface area contributed by atoms with Crippen molar-refractivity contribution in [2.45, 2.75) is 11.7 Å². The Morgan fingerprint density at radius 1 is 1.35 bits per heavy atom. The van der Waals surface area contributed by atoms with Gasteiger partial charge in [0, 0.05) is 5.56 Å². The Balaban J connectivity index is 2.14. The molecule has 1 aromatic carbocycles. The highest BCUT2D eigenvalue weighted by atomic mass is 16.5. The number of allylic oxidation sites excluding steroid dienone is 2.